The molecule has 0 aliphatic heterocycles. The first-order valence-electron chi connectivity index (χ1n) is 7.97. The Kier molecular flexibility index (Phi) is 6.83. The van der Waals surface area contributed by atoms with Crippen molar-refractivity contribution in [2.24, 2.45) is 0 Å². The molecule has 2 amide bonds. The van der Waals surface area contributed by atoms with Gasteiger partial charge in [0.15, 0.2) is 18.1 Å². The molecular formula is C19H22N2O4. The minimum atomic E-state index is -0.268. The van der Waals surface area contributed by atoms with E-state index in [1.165, 1.54) is 0 Å². The molecule has 2 N–H and O–H groups in total. The number of aryl methyl sites for hydroxylation is 1. The number of para-hydroxylation sites is 2. The number of rotatable bonds is 8. The van der Waals surface area contributed by atoms with Crippen molar-refractivity contribution in [1.82, 2.24) is 10.6 Å². The van der Waals surface area contributed by atoms with Gasteiger partial charge in [-0.2, -0.15) is 0 Å². The number of hydrogen-bond acceptors (Lipinski definition) is 4. The summed E-state index contributed by atoms with van der Waals surface area (Å²) in [4.78, 5) is 23.7. The SMILES string of the molecule is COc1ccccc1OCC(=O)NCCNC(=O)c1ccc(C)cc1. The second kappa shape index (κ2) is 9.32. The van der Waals surface area contributed by atoms with Crippen LogP contribution in [0.25, 0.3) is 0 Å². The molecule has 0 bridgehead atoms. The number of nitrogens with one attached hydrogen (secondary N) is 2. The van der Waals surface area contributed by atoms with Gasteiger partial charge in [-0.25, -0.2) is 0 Å². The maximum Gasteiger partial charge on any atom is 0.258 e. The van der Waals surface area contributed by atoms with Crippen LogP contribution in [0.4, 0.5) is 0 Å². The minimum Gasteiger partial charge on any atom is -0.493 e. The lowest BCUT2D eigenvalue weighted by Crippen LogP contribution is -2.36. The Balaban J connectivity index is 1.67. The number of amides is 2. The standard InChI is InChI=1S/C19H22N2O4/c1-14-7-9-15(10-8-14)19(23)21-12-11-20-18(22)13-25-17-6-4-3-5-16(17)24-2/h3-10H,11-13H2,1-2H3,(H,20,22)(H,21,23). The van der Waals surface area contributed by atoms with Crippen molar-refractivity contribution in [3.05, 3.63) is 59.7 Å². The van der Waals surface area contributed by atoms with E-state index in [0.717, 1.165) is 5.56 Å². The average molecular weight is 342 g/mol. The Bertz CT molecular complexity index is 714. The molecule has 2 aromatic rings. The van der Waals surface area contributed by atoms with Crippen molar-refractivity contribution in [3.63, 3.8) is 0 Å². The molecule has 6 heteroatoms. The van der Waals surface area contributed by atoms with Gasteiger partial charge >= 0.3 is 0 Å². The molecule has 2 aromatic carbocycles. The quantitative estimate of drug-likeness (QED) is 0.719. The predicted octanol–water partition coefficient (Wildman–Crippen LogP) is 1.93. The average Bonchev–Trinajstić information content (AvgIpc) is 2.64. The normalized spacial score (nSPS) is 10.0. The number of hydrogen-bond donors (Lipinski definition) is 2. The van der Waals surface area contributed by atoms with Crippen LogP contribution >= 0.6 is 0 Å². The van der Waals surface area contributed by atoms with Crippen LogP contribution in [-0.4, -0.2) is 38.6 Å². The topological polar surface area (TPSA) is 76.7 Å². The molecule has 0 radical (unpaired) electrons. The van der Waals surface area contributed by atoms with Crippen molar-refractivity contribution in [1.29, 1.82) is 0 Å². The fourth-order valence-electron chi connectivity index (χ4n) is 2.12. The molecule has 0 spiro atoms. The molecule has 0 aliphatic carbocycles. The zero-order valence-corrected chi connectivity index (χ0v) is 14.4. The molecule has 0 unspecified atom stereocenters. The highest BCUT2D eigenvalue weighted by Gasteiger charge is 2.07. The Morgan fingerprint density at radius 1 is 0.920 bits per heavy atom. The van der Waals surface area contributed by atoms with Gasteiger partial charge < -0.3 is 20.1 Å². The zero-order valence-electron chi connectivity index (χ0n) is 14.4. The molecule has 0 saturated heterocycles. The molecule has 2 rings (SSSR count). The molecule has 132 valence electrons. The van der Waals surface area contributed by atoms with E-state index in [-0.39, 0.29) is 18.4 Å². The summed E-state index contributed by atoms with van der Waals surface area (Å²) in [5.74, 6) is 0.642. The minimum absolute atomic E-state index is 0.119. The first-order valence-corrected chi connectivity index (χ1v) is 7.97. The lowest BCUT2D eigenvalue weighted by Gasteiger charge is -2.11. The lowest BCUT2D eigenvalue weighted by molar-refractivity contribution is -0.123. The van der Waals surface area contributed by atoms with Gasteiger partial charge in [-0.1, -0.05) is 29.8 Å². The van der Waals surface area contributed by atoms with Gasteiger partial charge in [0.1, 0.15) is 0 Å². The monoisotopic (exact) mass is 342 g/mol. The summed E-state index contributed by atoms with van der Waals surface area (Å²) in [5, 5.41) is 5.44. The van der Waals surface area contributed by atoms with Crippen molar-refractivity contribution in [2.75, 3.05) is 26.8 Å². The molecule has 0 atom stereocenters. The fourth-order valence-corrected chi connectivity index (χ4v) is 2.12. The summed E-state index contributed by atoms with van der Waals surface area (Å²) < 4.78 is 10.6. The van der Waals surface area contributed by atoms with E-state index in [1.54, 1.807) is 37.4 Å². The number of carbonyl (C=O) groups is 2. The summed E-state index contributed by atoms with van der Waals surface area (Å²) in [6.07, 6.45) is 0. The maximum atomic E-state index is 11.9. The summed E-state index contributed by atoms with van der Waals surface area (Å²) in [6, 6.07) is 14.4. The van der Waals surface area contributed by atoms with Crippen molar-refractivity contribution < 1.29 is 19.1 Å². The molecule has 0 heterocycles. The Morgan fingerprint density at radius 2 is 1.56 bits per heavy atom. The number of ether oxygens (including phenoxy) is 2. The molecule has 0 aromatic heterocycles. The number of methoxy groups -OCH3 is 1. The van der Waals surface area contributed by atoms with Gasteiger partial charge in [0, 0.05) is 18.7 Å². The van der Waals surface area contributed by atoms with E-state index >= 15 is 0 Å². The van der Waals surface area contributed by atoms with Crippen molar-refractivity contribution in [2.45, 2.75) is 6.92 Å². The van der Waals surface area contributed by atoms with Crippen LogP contribution < -0.4 is 20.1 Å². The second-order valence-corrected chi connectivity index (χ2v) is 5.41. The molecular weight excluding hydrogens is 320 g/mol. The summed E-state index contributed by atoms with van der Waals surface area (Å²) >= 11 is 0. The summed E-state index contributed by atoms with van der Waals surface area (Å²) in [7, 11) is 1.54. The van der Waals surface area contributed by atoms with Crippen molar-refractivity contribution >= 4 is 11.8 Å². The van der Waals surface area contributed by atoms with E-state index in [9.17, 15) is 9.59 Å². The fraction of sp³-hybridized carbons (Fsp3) is 0.263. The Morgan fingerprint density at radius 3 is 2.24 bits per heavy atom. The Hall–Kier alpha value is -3.02. The Labute approximate surface area is 147 Å². The van der Waals surface area contributed by atoms with Gasteiger partial charge in [-0.05, 0) is 31.2 Å². The van der Waals surface area contributed by atoms with Crippen LogP contribution in [0.15, 0.2) is 48.5 Å². The number of carbonyl (C=O) groups excluding carboxylic acids is 2. The molecule has 0 saturated carbocycles. The van der Waals surface area contributed by atoms with Crippen LogP contribution in [0.3, 0.4) is 0 Å². The van der Waals surface area contributed by atoms with E-state index in [1.807, 2.05) is 25.1 Å². The van der Waals surface area contributed by atoms with E-state index < -0.39 is 0 Å². The highest BCUT2D eigenvalue weighted by Crippen LogP contribution is 2.25. The van der Waals surface area contributed by atoms with Gasteiger partial charge in [-0.15, -0.1) is 0 Å². The van der Waals surface area contributed by atoms with Crippen molar-refractivity contribution in [3.8, 4) is 11.5 Å². The first-order chi connectivity index (χ1) is 12.1. The second-order valence-electron chi connectivity index (χ2n) is 5.41. The summed E-state index contributed by atoms with van der Waals surface area (Å²) in [5.41, 5.74) is 1.69. The molecule has 6 nitrogen and oxygen atoms in total. The molecule has 25 heavy (non-hydrogen) atoms. The molecule has 0 fully saturated rings. The highest BCUT2D eigenvalue weighted by molar-refractivity contribution is 5.94. The van der Waals surface area contributed by atoms with Crippen LogP contribution in [0.5, 0.6) is 11.5 Å². The third kappa shape index (κ3) is 5.84. The first kappa shape index (κ1) is 18.3. The van der Waals surface area contributed by atoms with E-state index in [2.05, 4.69) is 10.6 Å². The van der Waals surface area contributed by atoms with Gasteiger partial charge in [0.05, 0.1) is 7.11 Å². The number of benzene rings is 2. The van der Waals surface area contributed by atoms with Crippen LogP contribution in [0.1, 0.15) is 15.9 Å². The third-order valence-corrected chi connectivity index (χ3v) is 3.47. The lowest BCUT2D eigenvalue weighted by atomic mass is 10.1. The van der Waals surface area contributed by atoms with E-state index in [0.29, 0.717) is 30.2 Å². The van der Waals surface area contributed by atoms with Crippen LogP contribution in [0, 0.1) is 6.92 Å². The highest BCUT2D eigenvalue weighted by atomic mass is 16.5. The predicted molar refractivity (Wildman–Crippen MR) is 95.0 cm³/mol. The molecule has 0 aliphatic rings. The summed E-state index contributed by atoms with van der Waals surface area (Å²) in [6.45, 7) is 2.51. The third-order valence-electron chi connectivity index (χ3n) is 3.47. The smallest absolute Gasteiger partial charge is 0.258 e. The van der Waals surface area contributed by atoms with E-state index in [4.69, 9.17) is 9.47 Å². The zero-order chi connectivity index (χ0) is 18.1. The van der Waals surface area contributed by atoms with Gasteiger partial charge in [0.25, 0.3) is 11.8 Å². The van der Waals surface area contributed by atoms with Crippen LogP contribution in [0.2, 0.25) is 0 Å². The maximum absolute atomic E-state index is 11.9. The van der Waals surface area contributed by atoms with Gasteiger partial charge in [0.2, 0.25) is 0 Å². The largest absolute Gasteiger partial charge is 0.493 e. The van der Waals surface area contributed by atoms with Crippen LogP contribution in [-0.2, 0) is 4.79 Å². The van der Waals surface area contributed by atoms with Gasteiger partial charge in [-0.3, -0.25) is 9.59 Å².